The Kier molecular flexibility index (Phi) is 5.08. The molecule has 94 valence electrons. The van der Waals surface area contributed by atoms with Crippen molar-refractivity contribution in [1.82, 2.24) is 10.4 Å². The summed E-state index contributed by atoms with van der Waals surface area (Å²) in [6, 6.07) is 4.98. The van der Waals surface area contributed by atoms with E-state index >= 15 is 0 Å². The zero-order valence-corrected chi connectivity index (χ0v) is 9.17. The van der Waals surface area contributed by atoms with Gasteiger partial charge in [-0.25, -0.2) is 4.98 Å². The van der Waals surface area contributed by atoms with Crippen LogP contribution in [0.5, 0.6) is 0 Å². The molecule has 1 rings (SSSR count). The lowest BCUT2D eigenvalue weighted by Gasteiger charge is -2.09. The molecule has 1 heterocycles. The number of anilines is 1. The minimum absolute atomic E-state index is 0.188. The van der Waals surface area contributed by atoms with Gasteiger partial charge in [-0.1, -0.05) is 0 Å². The van der Waals surface area contributed by atoms with Gasteiger partial charge in [0.2, 0.25) is 0 Å². The second kappa shape index (κ2) is 6.82. The fraction of sp³-hybridized carbons (Fsp3) is 0.200. The summed E-state index contributed by atoms with van der Waals surface area (Å²) in [5.41, 5.74) is 4.89. The maximum atomic E-state index is 11.2. The molecule has 2 N–H and O–H groups in total. The smallest absolute Gasteiger partial charge is 0.264 e. The average molecular weight is 249 g/mol. The first kappa shape index (κ1) is 13.4. The van der Waals surface area contributed by atoms with Crippen LogP contribution in [0.2, 0.25) is 0 Å². The fourth-order valence-corrected chi connectivity index (χ4v) is 0.987. The predicted molar refractivity (Wildman–Crippen MR) is 56.5 cm³/mol. The van der Waals surface area contributed by atoms with Gasteiger partial charge in [0.1, 0.15) is 12.7 Å². The Balaban J connectivity index is 2.38. The number of aliphatic carboxylic acids is 1. The Bertz CT molecular complexity index is 483. The zero-order valence-electron chi connectivity index (χ0n) is 9.17. The van der Waals surface area contributed by atoms with Crippen LogP contribution in [-0.2, 0) is 14.3 Å². The van der Waals surface area contributed by atoms with E-state index in [1.807, 2.05) is 6.07 Å². The first-order chi connectivity index (χ1) is 8.63. The topological polar surface area (TPSA) is 127 Å². The van der Waals surface area contributed by atoms with Crippen molar-refractivity contribution in [2.45, 2.75) is 0 Å². The Labute approximate surface area is 102 Å². The highest BCUT2D eigenvalue weighted by molar-refractivity contribution is 5.79. The molecular weight excluding hydrogens is 240 g/mol. The lowest BCUT2D eigenvalue weighted by Crippen LogP contribution is -2.35. The molecule has 8 nitrogen and oxygen atoms in total. The Morgan fingerprint density at radius 1 is 1.50 bits per heavy atom. The van der Waals surface area contributed by atoms with E-state index in [2.05, 4.69) is 20.6 Å². The van der Waals surface area contributed by atoms with Crippen molar-refractivity contribution in [3.05, 3.63) is 23.9 Å². The zero-order chi connectivity index (χ0) is 13.4. The standard InChI is InChI=1S/C10H10N4O4/c11-4-7-2-1-3-12-10(7)14-13-8(15)5-18-6-9(16)17/h1-3H,5-6H2,(H,12,14)(H,13,15)(H,16,17)/p-1. The molecule has 0 saturated heterocycles. The van der Waals surface area contributed by atoms with E-state index in [1.165, 1.54) is 12.3 Å². The van der Waals surface area contributed by atoms with Crippen LogP contribution >= 0.6 is 0 Å². The molecular formula is C10H9N4O4-. The number of carbonyl (C=O) groups is 2. The van der Waals surface area contributed by atoms with Crippen molar-refractivity contribution in [3.63, 3.8) is 0 Å². The average Bonchev–Trinajstić information content (AvgIpc) is 2.36. The number of pyridine rings is 1. The van der Waals surface area contributed by atoms with Gasteiger partial charge in [-0.3, -0.25) is 15.6 Å². The first-order valence-electron chi connectivity index (χ1n) is 4.81. The third-order valence-electron chi connectivity index (χ3n) is 1.70. The molecule has 1 amide bonds. The highest BCUT2D eigenvalue weighted by Gasteiger charge is 2.04. The van der Waals surface area contributed by atoms with Gasteiger partial charge in [0.15, 0.2) is 5.82 Å². The minimum atomic E-state index is -1.41. The van der Waals surface area contributed by atoms with Gasteiger partial charge in [-0.05, 0) is 12.1 Å². The van der Waals surface area contributed by atoms with Crippen LogP contribution < -0.4 is 16.0 Å². The van der Waals surface area contributed by atoms with Crippen LogP contribution in [0.15, 0.2) is 18.3 Å². The summed E-state index contributed by atoms with van der Waals surface area (Å²) in [5.74, 6) is -1.83. The van der Waals surface area contributed by atoms with Crippen LogP contribution in [-0.4, -0.2) is 30.1 Å². The molecule has 0 aliphatic carbocycles. The summed E-state index contributed by atoms with van der Waals surface area (Å²) in [4.78, 5) is 25.0. The van der Waals surface area contributed by atoms with Gasteiger partial charge in [-0.15, -0.1) is 0 Å². The van der Waals surface area contributed by atoms with E-state index in [0.717, 1.165) is 0 Å². The van der Waals surface area contributed by atoms with Gasteiger partial charge < -0.3 is 14.6 Å². The summed E-state index contributed by atoms with van der Waals surface area (Å²) in [5, 5.41) is 18.8. The third kappa shape index (κ3) is 4.46. The number of hydrogen-bond acceptors (Lipinski definition) is 7. The van der Waals surface area contributed by atoms with Gasteiger partial charge >= 0.3 is 0 Å². The van der Waals surface area contributed by atoms with Crippen LogP contribution in [0.4, 0.5) is 5.82 Å². The third-order valence-corrected chi connectivity index (χ3v) is 1.70. The number of amides is 1. The SMILES string of the molecule is N#Cc1cccnc1NNC(=O)COCC(=O)[O-]. The molecule has 1 aromatic heterocycles. The van der Waals surface area contributed by atoms with Crippen LogP contribution in [0.3, 0.4) is 0 Å². The molecule has 0 aliphatic rings. The number of carboxylic acid groups (broad SMARTS) is 1. The first-order valence-corrected chi connectivity index (χ1v) is 4.81. The van der Waals surface area contributed by atoms with E-state index in [-0.39, 0.29) is 11.4 Å². The maximum absolute atomic E-state index is 11.2. The molecule has 1 aromatic rings. The second-order valence-corrected chi connectivity index (χ2v) is 3.05. The number of aromatic nitrogens is 1. The Hall–Kier alpha value is -2.66. The summed E-state index contributed by atoms with van der Waals surface area (Å²) < 4.78 is 4.50. The molecule has 18 heavy (non-hydrogen) atoms. The van der Waals surface area contributed by atoms with Crippen molar-refractivity contribution < 1.29 is 19.4 Å². The van der Waals surface area contributed by atoms with Gasteiger partial charge in [-0.2, -0.15) is 5.26 Å². The summed E-state index contributed by atoms with van der Waals surface area (Å²) in [6.45, 7) is -1.11. The van der Waals surface area contributed by atoms with Crippen molar-refractivity contribution >= 4 is 17.7 Å². The van der Waals surface area contributed by atoms with Gasteiger partial charge in [0, 0.05) is 6.20 Å². The second-order valence-electron chi connectivity index (χ2n) is 3.05. The lowest BCUT2D eigenvalue weighted by molar-refractivity contribution is -0.309. The number of hydrazine groups is 1. The fourth-order valence-electron chi connectivity index (χ4n) is 0.987. The largest absolute Gasteiger partial charge is 0.548 e. The van der Waals surface area contributed by atoms with E-state index in [4.69, 9.17) is 5.26 Å². The van der Waals surface area contributed by atoms with E-state index in [1.54, 1.807) is 6.07 Å². The minimum Gasteiger partial charge on any atom is -0.548 e. The summed E-state index contributed by atoms with van der Waals surface area (Å²) in [6.07, 6.45) is 1.45. The van der Waals surface area contributed by atoms with Crippen molar-refractivity contribution in [1.29, 1.82) is 5.26 Å². The normalized spacial score (nSPS) is 9.28. The van der Waals surface area contributed by atoms with Crippen LogP contribution in [0, 0.1) is 11.3 Å². The number of carboxylic acids is 1. The quantitative estimate of drug-likeness (QED) is 0.567. The van der Waals surface area contributed by atoms with Crippen LogP contribution in [0.1, 0.15) is 5.56 Å². The summed E-state index contributed by atoms with van der Waals surface area (Å²) >= 11 is 0. The number of nitrogens with one attached hydrogen (secondary N) is 2. The molecule has 0 unspecified atom stereocenters. The Morgan fingerprint density at radius 2 is 2.28 bits per heavy atom. The summed E-state index contributed by atoms with van der Waals surface area (Å²) in [7, 11) is 0. The highest BCUT2D eigenvalue weighted by atomic mass is 16.5. The molecule has 0 bridgehead atoms. The Morgan fingerprint density at radius 3 is 2.94 bits per heavy atom. The maximum Gasteiger partial charge on any atom is 0.264 e. The van der Waals surface area contributed by atoms with Crippen molar-refractivity contribution in [2.75, 3.05) is 18.6 Å². The number of nitrogens with zero attached hydrogens (tertiary/aromatic N) is 2. The number of hydrogen-bond donors (Lipinski definition) is 2. The molecule has 0 radical (unpaired) electrons. The molecule has 8 heteroatoms. The molecule has 0 spiro atoms. The molecule has 0 aromatic carbocycles. The molecule has 0 fully saturated rings. The van der Waals surface area contributed by atoms with E-state index in [0.29, 0.717) is 0 Å². The monoisotopic (exact) mass is 249 g/mol. The molecule has 0 saturated carbocycles. The van der Waals surface area contributed by atoms with Gasteiger partial charge in [0.25, 0.3) is 5.91 Å². The predicted octanol–water partition coefficient (Wildman–Crippen LogP) is -1.84. The molecule has 0 atom stereocenters. The van der Waals surface area contributed by atoms with Crippen molar-refractivity contribution in [3.8, 4) is 6.07 Å². The number of rotatable bonds is 6. The lowest BCUT2D eigenvalue weighted by atomic mass is 10.3. The van der Waals surface area contributed by atoms with E-state index in [9.17, 15) is 14.7 Å². The van der Waals surface area contributed by atoms with E-state index < -0.39 is 25.1 Å². The molecule has 0 aliphatic heterocycles. The van der Waals surface area contributed by atoms with Gasteiger partial charge in [0.05, 0.1) is 18.1 Å². The van der Waals surface area contributed by atoms with Crippen molar-refractivity contribution in [2.24, 2.45) is 0 Å². The van der Waals surface area contributed by atoms with Crippen LogP contribution in [0.25, 0.3) is 0 Å². The number of carbonyl (C=O) groups excluding carboxylic acids is 2. The highest BCUT2D eigenvalue weighted by Crippen LogP contribution is 2.07. The number of nitriles is 1. The number of ether oxygens (including phenoxy) is 1.